The Bertz CT molecular complexity index is 5650. The van der Waals surface area contributed by atoms with Gasteiger partial charge in [0, 0.05) is 50.5 Å². The van der Waals surface area contributed by atoms with Gasteiger partial charge in [0.2, 0.25) is 0 Å². The van der Waals surface area contributed by atoms with E-state index in [0.717, 1.165) is 113 Å². The highest BCUT2D eigenvalue weighted by Gasteiger charge is 2.46. The van der Waals surface area contributed by atoms with Crippen molar-refractivity contribution >= 4 is 79.0 Å². The van der Waals surface area contributed by atoms with Crippen LogP contribution in [-0.4, -0.2) is 11.3 Å². The molecular weight excluding hydrogens is 1340 g/mol. The van der Waals surface area contributed by atoms with Crippen molar-refractivity contribution in [3.05, 3.63) is 338 Å². The zero-order valence-corrected chi connectivity index (χ0v) is 54.5. The van der Waals surface area contributed by atoms with Gasteiger partial charge in [0.15, 0.2) is 0 Å². The second kappa shape index (κ2) is 24.8. The molecule has 16 heteroatoms. The molecule has 0 bridgehead atoms. The van der Waals surface area contributed by atoms with Crippen LogP contribution in [0.5, 0.6) is 0 Å². The van der Waals surface area contributed by atoms with Crippen molar-refractivity contribution in [3.8, 4) is 83.6 Å². The first-order valence-corrected chi connectivity index (χ1v) is 33.3. The van der Waals surface area contributed by atoms with Gasteiger partial charge in [0.1, 0.15) is 0 Å². The van der Waals surface area contributed by atoms with Crippen LogP contribution in [0.2, 0.25) is 0 Å². The van der Waals surface area contributed by atoms with Crippen molar-refractivity contribution in [1.29, 1.82) is 0 Å². The molecule has 0 N–H and O–H groups in total. The molecule has 104 heavy (non-hydrogen) atoms. The number of rotatable bonds is 10. The van der Waals surface area contributed by atoms with Crippen LogP contribution in [-0.2, 0) is 24.7 Å². The lowest BCUT2D eigenvalue weighted by molar-refractivity contribution is -0.144. The predicted octanol–water partition coefficient (Wildman–Crippen LogP) is 24.6. The lowest BCUT2D eigenvalue weighted by Gasteiger charge is -2.44. The zero-order chi connectivity index (χ0) is 71.6. The van der Waals surface area contributed by atoms with Crippen molar-refractivity contribution < 1.29 is 52.7 Å². The fraction of sp³-hybridized carbons (Fsp3) is 0.0455. The van der Waals surface area contributed by atoms with E-state index in [9.17, 15) is 26.3 Å². The summed E-state index contributed by atoms with van der Waals surface area (Å²) in [6.07, 6.45) is -21.3. The fourth-order valence-corrected chi connectivity index (χ4v) is 15.1. The highest BCUT2D eigenvalue weighted by Crippen LogP contribution is 2.51. The number of aromatic nitrogens is 1. The summed E-state index contributed by atoms with van der Waals surface area (Å²) < 4.78 is 179. The maximum absolute atomic E-state index is 15.5. The van der Waals surface area contributed by atoms with Crippen LogP contribution in [0.4, 0.5) is 86.8 Å². The molecule has 14 aromatic carbocycles. The van der Waals surface area contributed by atoms with Gasteiger partial charge in [-0.05, 0) is 192 Å². The molecule has 17 rings (SSSR count). The van der Waals surface area contributed by atoms with Gasteiger partial charge in [-0.1, -0.05) is 212 Å². The topological polar surface area (TPSA) is 11.4 Å². The molecule has 0 spiro atoms. The minimum absolute atomic E-state index is 0.0553. The Balaban J connectivity index is 0.921. The molecule has 2 aliphatic heterocycles. The van der Waals surface area contributed by atoms with Crippen LogP contribution in [0.25, 0.3) is 105 Å². The Morgan fingerprint density at radius 2 is 0.606 bits per heavy atom. The van der Waals surface area contributed by atoms with Crippen molar-refractivity contribution in [2.24, 2.45) is 0 Å². The van der Waals surface area contributed by atoms with Gasteiger partial charge in [-0.3, -0.25) is 0 Å². The summed E-state index contributed by atoms with van der Waals surface area (Å²) in [4.78, 5) is 4.63. The van der Waals surface area contributed by atoms with Gasteiger partial charge < -0.3 is 14.4 Å². The molecule has 0 aliphatic carbocycles. The smallest absolute Gasteiger partial charge is 0.311 e. The molecular formula is C88H52BF12N3. The Morgan fingerprint density at radius 3 is 1.08 bits per heavy atom. The van der Waals surface area contributed by atoms with E-state index in [1.165, 1.54) is 6.07 Å². The average Bonchev–Trinajstić information content (AvgIpc) is 0.788. The normalized spacial score (nSPS) is 12.9. The van der Waals surface area contributed by atoms with Gasteiger partial charge in [0.05, 0.1) is 39.0 Å². The second-order valence-electron chi connectivity index (χ2n) is 26.0. The predicted molar refractivity (Wildman–Crippen MR) is 393 cm³/mol. The highest BCUT2D eigenvalue weighted by atomic mass is 19.4. The summed E-state index contributed by atoms with van der Waals surface area (Å²) >= 11 is 0. The number of fused-ring (bicyclic) bond motifs is 7. The third kappa shape index (κ3) is 11.4. The van der Waals surface area contributed by atoms with E-state index in [-0.39, 0.29) is 24.5 Å². The largest absolute Gasteiger partial charge is 0.417 e. The molecule has 0 fully saturated rings. The van der Waals surface area contributed by atoms with Crippen LogP contribution in [0.1, 0.15) is 22.3 Å². The molecule has 0 amide bonds. The van der Waals surface area contributed by atoms with E-state index in [0.29, 0.717) is 51.6 Å². The zero-order valence-electron chi connectivity index (χ0n) is 54.5. The third-order valence-electron chi connectivity index (χ3n) is 19.9. The quantitative estimate of drug-likeness (QED) is 0.0999. The van der Waals surface area contributed by atoms with Gasteiger partial charge in [-0.25, -0.2) is 0 Å². The van der Waals surface area contributed by atoms with Crippen molar-refractivity contribution in [2.75, 3.05) is 9.80 Å². The first-order valence-electron chi connectivity index (χ1n) is 33.3. The Labute approximate surface area is 589 Å². The van der Waals surface area contributed by atoms with E-state index in [4.69, 9.17) is 0 Å². The fourth-order valence-electron chi connectivity index (χ4n) is 15.1. The Kier molecular flexibility index (Phi) is 15.5. The van der Waals surface area contributed by atoms with Gasteiger partial charge in [0.25, 0.3) is 6.71 Å². The average molecular weight is 1390 g/mol. The molecule has 1 aromatic heterocycles. The SMILES string of the molecule is FC(F)(F)c1ccc(-c2ccc(-n3c4ccccc4c4cc(-c5cc6c7c(c5)N(c5ccc(-c8ccccc8)cc5)c5ccc(-c8ccccc8)cc5B7c5cc(-c7ccccc7)ccc5N6c5ccc(-c6ccccc6)cc5)ccc43)c(-c3ccc(C(F)(F)F)cc3C(F)(F)F)c2)c(C(F)(F)F)c1. The van der Waals surface area contributed by atoms with Crippen LogP contribution in [0.3, 0.4) is 0 Å². The van der Waals surface area contributed by atoms with Crippen LogP contribution < -0.4 is 26.2 Å². The minimum atomic E-state index is -5.47. The highest BCUT2D eigenvalue weighted by molar-refractivity contribution is 7.00. The number of halogens is 12. The van der Waals surface area contributed by atoms with Crippen molar-refractivity contribution in [3.63, 3.8) is 0 Å². The summed E-state index contributed by atoms with van der Waals surface area (Å²) in [5.41, 5.74) is 9.53. The molecule has 15 aromatic rings. The molecule has 0 saturated carbocycles. The first kappa shape index (κ1) is 65.0. The molecule has 0 saturated heterocycles. The third-order valence-corrected chi connectivity index (χ3v) is 19.9. The summed E-state index contributed by atoms with van der Waals surface area (Å²) in [6, 6.07) is 93.3. The van der Waals surface area contributed by atoms with E-state index in [2.05, 4.69) is 155 Å². The van der Waals surface area contributed by atoms with Gasteiger partial charge >= 0.3 is 24.7 Å². The van der Waals surface area contributed by atoms with E-state index >= 15 is 26.3 Å². The number of hydrogen-bond donors (Lipinski definition) is 0. The standard InChI is InChI=1S/C88H52BF12N3/c90-85(91,92)64-33-39-68(73(51-64)87(96,97)98)62-32-42-78(71(46-62)69-40-34-65(86(93,94)95)52-74(69)88(99,100)101)104-77-24-14-13-23-70(77)72-45-59(29-41-79(72)104)63-49-82-84-83(50-63)103(67-37-27-58(28-38-67)54-17-7-2-8-18-54)81-44-31-61(56-21-11-4-12-22-56)48-76(81)89(84)75-47-60(55-19-9-3-10-20-55)30-43-80(75)102(82)66-35-25-57(26-36-66)53-15-5-1-6-16-53/h1-52H. The lowest BCUT2D eigenvalue weighted by Crippen LogP contribution is -2.61. The van der Waals surface area contributed by atoms with E-state index in [1.807, 2.05) is 91.0 Å². The maximum Gasteiger partial charge on any atom is 0.417 e. The van der Waals surface area contributed by atoms with Crippen molar-refractivity contribution in [1.82, 2.24) is 4.57 Å². The Morgan fingerprint density at radius 1 is 0.231 bits per heavy atom. The minimum Gasteiger partial charge on any atom is -0.311 e. The summed E-state index contributed by atoms with van der Waals surface area (Å²) in [6.45, 7) is -0.367. The number of anilines is 6. The molecule has 0 radical (unpaired) electrons. The molecule has 3 heterocycles. The molecule has 0 atom stereocenters. The maximum atomic E-state index is 15.5. The number of benzene rings is 14. The van der Waals surface area contributed by atoms with Crippen molar-refractivity contribution in [2.45, 2.75) is 24.7 Å². The van der Waals surface area contributed by atoms with E-state index in [1.54, 1.807) is 28.8 Å². The number of hydrogen-bond acceptors (Lipinski definition) is 2. The molecule has 2 aliphatic rings. The van der Waals surface area contributed by atoms with Gasteiger partial charge in [-0.2, -0.15) is 52.7 Å². The lowest BCUT2D eigenvalue weighted by atomic mass is 9.33. The number of nitrogens with zero attached hydrogens (tertiary/aromatic N) is 3. The summed E-state index contributed by atoms with van der Waals surface area (Å²) in [5, 5.41) is 1.15. The first-order chi connectivity index (χ1) is 50.1. The summed E-state index contributed by atoms with van der Waals surface area (Å²) in [5.74, 6) is 0. The van der Waals surface area contributed by atoms with E-state index < -0.39 is 69.2 Å². The number of alkyl halides is 12. The monoisotopic (exact) mass is 1390 g/mol. The second-order valence-corrected chi connectivity index (χ2v) is 26.0. The molecule has 506 valence electrons. The summed E-state index contributed by atoms with van der Waals surface area (Å²) in [7, 11) is 0. The van der Waals surface area contributed by atoms with Crippen LogP contribution >= 0.6 is 0 Å². The van der Waals surface area contributed by atoms with Gasteiger partial charge in [-0.15, -0.1) is 0 Å². The number of para-hydroxylation sites is 1. The van der Waals surface area contributed by atoms with Crippen LogP contribution in [0.15, 0.2) is 315 Å². The van der Waals surface area contributed by atoms with Crippen LogP contribution in [0, 0.1) is 0 Å². The Hall–Kier alpha value is -12.3. The molecule has 0 unspecified atom stereocenters. The molecule has 3 nitrogen and oxygen atoms in total.